The van der Waals surface area contributed by atoms with E-state index in [1.54, 1.807) is 5.06 Å². The first-order chi connectivity index (χ1) is 21.4. The molecule has 0 radical (unpaired) electrons. The van der Waals surface area contributed by atoms with Gasteiger partial charge in [0.25, 0.3) is 5.79 Å². The highest BCUT2D eigenvalue weighted by atomic mass is 16.8. The van der Waals surface area contributed by atoms with E-state index < -0.39 is 96.2 Å². The van der Waals surface area contributed by atoms with Crippen LogP contribution in [0.1, 0.15) is 72.9 Å². The van der Waals surface area contributed by atoms with Crippen LogP contribution in [-0.4, -0.2) is 95.8 Å². The molecule has 15 heteroatoms. The molecule has 0 saturated carbocycles. The standard InChI is InChI=1S/C31H40N2O13/c1-16(34)32-24-22(44-28(32)39)14-31(27(38)40-9,46-33-29(5,6)20-12-10-11-13-21(20)30(33,7)8)45-26(24)25(43-19(4)37)23(42-18(3)36)15-41-17(2)35/h10-13,22-26H,14-15H2,1-9H3/t22-,23+,24+,25+,26+,31-/m0/s1. The lowest BCUT2D eigenvalue weighted by molar-refractivity contribution is -0.410. The van der Waals surface area contributed by atoms with Crippen molar-refractivity contribution >= 4 is 35.9 Å². The van der Waals surface area contributed by atoms with Crippen LogP contribution in [-0.2, 0) is 68.3 Å². The fraction of sp³-hybridized carbons (Fsp3) is 0.613. The van der Waals surface area contributed by atoms with Gasteiger partial charge in [-0.15, -0.1) is 0 Å². The van der Waals surface area contributed by atoms with Crippen molar-refractivity contribution in [3.8, 4) is 0 Å². The van der Waals surface area contributed by atoms with Crippen LogP contribution >= 0.6 is 0 Å². The molecule has 0 bridgehead atoms. The molecule has 15 nitrogen and oxygen atoms in total. The summed E-state index contributed by atoms with van der Waals surface area (Å²) in [6.45, 7) is 11.3. The van der Waals surface area contributed by atoms with Crippen LogP contribution in [0.4, 0.5) is 4.79 Å². The summed E-state index contributed by atoms with van der Waals surface area (Å²) >= 11 is 0. The van der Waals surface area contributed by atoms with Crippen molar-refractivity contribution in [3.05, 3.63) is 35.4 Å². The fourth-order valence-electron chi connectivity index (χ4n) is 6.65. The van der Waals surface area contributed by atoms with E-state index in [9.17, 15) is 28.8 Å². The molecule has 2 saturated heterocycles. The van der Waals surface area contributed by atoms with Crippen LogP contribution in [0.3, 0.4) is 0 Å². The van der Waals surface area contributed by atoms with Crippen molar-refractivity contribution in [2.75, 3.05) is 13.7 Å². The van der Waals surface area contributed by atoms with Gasteiger partial charge in [-0.25, -0.2) is 19.3 Å². The first-order valence-electron chi connectivity index (χ1n) is 14.7. The Bertz CT molecular complexity index is 1390. The Balaban J connectivity index is 1.89. The zero-order valence-electron chi connectivity index (χ0n) is 27.3. The molecule has 4 rings (SSSR count). The topological polar surface area (TPSA) is 174 Å². The maximum Gasteiger partial charge on any atom is 0.417 e. The summed E-state index contributed by atoms with van der Waals surface area (Å²) in [6.07, 6.45) is -7.54. The summed E-state index contributed by atoms with van der Waals surface area (Å²) in [6, 6.07) is 6.33. The van der Waals surface area contributed by atoms with E-state index in [4.69, 9.17) is 33.3 Å². The number of hydrogen-bond acceptors (Lipinski definition) is 14. The highest BCUT2D eigenvalue weighted by Gasteiger charge is 2.66. The molecule has 1 aromatic carbocycles. The van der Waals surface area contributed by atoms with Crippen molar-refractivity contribution in [3.63, 3.8) is 0 Å². The highest BCUT2D eigenvalue weighted by Crippen LogP contribution is 2.52. The van der Waals surface area contributed by atoms with Gasteiger partial charge < -0.3 is 28.4 Å². The third kappa shape index (κ3) is 6.18. The summed E-state index contributed by atoms with van der Waals surface area (Å²) in [5.74, 6) is -6.57. The normalized spacial score (nSPS) is 27.4. The zero-order chi connectivity index (χ0) is 34.4. The van der Waals surface area contributed by atoms with Crippen molar-refractivity contribution < 1.29 is 62.0 Å². The largest absolute Gasteiger partial charge is 0.465 e. The van der Waals surface area contributed by atoms with E-state index >= 15 is 0 Å². The number of amides is 2. The van der Waals surface area contributed by atoms with E-state index in [-0.39, 0.29) is 0 Å². The van der Waals surface area contributed by atoms with Gasteiger partial charge in [0.15, 0.2) is 12.2 Å². The lowest BCUT2D eigenvalue weighted by Gasteiger charge is -2.50. The van der Waals surface area contributed by atoms with E-state index in [0.29, 0.717) is 0 Å². The molecular weight excluding hydrogens is 608 g/mol. The lowest BCUT2D eigenvalue weighted by Crippen LogP contribution is -2.68. The van der Waals surface area contributed by atoms with Crippen molar-refractivity contribution in [2.24, 2.45) is 0 Å². The fourth-order valence-corrected chi connectivity index (χ4v) is 6.65. The Morgan fingerprint density at radius 2 is 1.48 bits per heavy atom. The average molecular weight is 649 g/mol. The maximum absolute atomic E-state index is 13.8. The van der Waals surface area contributed by atoms with E-state index in [1.807, 2.05) is 52.0 Å². The van der Waals surface area contributed by atoms with Gasteiger partial charge in [-0.2, -0.15) is 5.06 Å². The Morgan fingerprint density at radius 3 is 1.96 bits per heavy atom. The second-order valence-corrected chi connectivity index (χ2v) is 12.4. The first-order valence-corrected chi connectivity index (χ1v) is 14.7. The van der Waals surface area contributed by atoms with Gasteiger partial charge in [0, 0.05) is 27.7 Å². The second kappa shape index (κ2) is 12.6. The number of imide groups is 1. The molecule has 252 valence electrons. The maximum atomic E-state index is 13.8. The summed E-state index contributed by atoms with van der Waals surface area (Å²) in [5.41, 5.74) is 0.127. The molecule has 46 heavy (non-hydrogen) atoms. The van der Waals surface area contributed by atoms with Gasteiger partial charge in [0.1, 0.15) is 24.9 Å². The monoisotopic (exact) mass is 648 g/mol. The number of ether oxygens (including phenoxy) is 6. The van der Waals surface area contributed by atoms with Crippen LogP contribution in [0, 0.1) is 0 Å². The number of benzene rings is 1. The third-order valence-corrected chi connectivity index (χ3v) is 8.36. The third-order valence-electron chi connectivity index (χ3n) is 8.36. The van der Waals surface area contributed by atoms with Gasteiger partial charge in [-0.05, 0) is 38.8 Å². The Morgan fingerprint density at radius 1 is 0.913 bits per heavy atom. The minimum absolute atomic E-state index is 0.440. The molecule has 0 aromatic heterocycles. The number of carbonyl (C=O) groups excluding carboxylic acids is 6. The Hall–Kier alpha value is -4.08. The average Bonchev–Trinajstić information content (AvgIpc) is 3.37. The van der Waals surface area contributed by atoms with Crippen LogP contribution in [0.25, 0.3) is 0 Å². The van der Waals surface area contributed by atoms with E-state index in [0.717, 1.165) is 50.8 Å². The molecule has 3 heterocycles. The van der Waals surface area contributed by atoms with Gasteiger partial charge in [-0.1, -0.05) is 24.3 Å². The number of nitrogens with zero attached hydrogens (tertiary/aromatic N) is 2. The smallest absolute Gasteiger partial charge is 0.417 e. The molecular formula is C31H40N2O13. The predicted molar refractivity (Wildman–Crippen MR) is 154 cm³/mol. The van der Waals surface area contributed by atoms with Crippen molar-refractivity contribution in [1.82, 2.24) is 9.96 Å². The molecule has 1 aromatic rings. The number of rotatable bonds is 9. The van der Waals surface area contributed by atoms with Crippen LogP contribution in [0.2, 0.25) is 0 Å². The highest BCUT2D eigenvalue weighted by molar-refractivity contribution is 5.93. The van der Waals surface area contributed by atoms with Gasteiger partial charge >= 0.3 is 30.0 Å². The van der Waals surface area contributed by atoms with Gasteiger partial charge in [0.05, 0.1) is 24.6 Å². The number of methoxy groups -OCH3 is 1. The Kier molecular flexibility index (Phi) is 9.53. The molecule has 6 atom stereocenters. The molecule has 0 unspecified atom stereocenters. The van der Waals surface area contributed by atoms with Crippen molar-refractivity contribution in [2.45, 2.75) is 109 Å². The molecule has 0 spiro atoms. The number of hydrogen-bond donors (Lipinski definition) is 0. The quantitative estimate of drug-likeness (QED) is 0.282. The predicted octanol–water partition coefficient (Wildman–Crippen LogP) is 2.22. The van der Waals surface area contributed by atoms with E-state index in [1.165, 1.54) is 0 Å². The number of fused-ring (bicyclic) bond motifs is 2. The number of esters is 4. The van der Waals surface area contributed by atoms with Gasteiger partial charge in [-0.3, -0.25) is 19.2 Å². The zero-order valence-corrected chi connectivity index (χ0v) is 27.3. The van der Waals surface area contributed by atoms with Crippen LogP contribution in [0.15, 0.2) is 24.3 Å². The molecule has 3 aliphatic heterocycles. The summed E-state index contributed by atoms with van der Waals surface area (Å²) in [4.78, 5) is 83.5. The lowest BCUT2D eigenvalue weighted by atomic mass is 9.88. The molecule has 2 amide bonds. The Labute approximate surface area is 266 Å². The minimum Gasteiger partial charge on any atom is -0.465 e. The summed E-state index contributed by atoms with van der Waals surface area (Å²) in [5, 5.41) is 1.59. The van der Waals surface area contributed by atoms with Crippen molar-refractivity contribution in [1.29, 1.82) is 0 Å². The molecule has 0 aliphatic carbocycles. The van der Waals surface area contributed by atoms with Crippen LogP contribution < -0.4 is 0 Å². The van der Waals surface area contributed by atoms with E-state index in [2.05, 4.69) is 0 Å². The molecule has 3 aliphatic rings. The van der Waals surface area contributed by atoms with Crippen LogP contribution in [0.5, 0.6) is 0 Å². The summed E-state index contributed by atoms with van der Waals surface area (Å²) in [7, 11) is 1.11. The minimum atomic E-state index is -2.36. The molecule has 0 N–H and O–H groups in total. The number of carbonyl (C=O) groups is 6. The first kappa shape index (κ1) is 34.8. The summed E-state index contributed by atoms with van der Waals surface area (Å²) < 4.78 is 33.4. The second-order valence-electron chi connectivity index (χ2n) is 12.4. The van der Waals surface area contributed by atoms with Gasteiger partial charge in [0.2, 0.25) is 5.91 Å². The number of hydroxylamine groups is 2. The SMILES string of the molecule is COC(=O)[C@@]1(ON2C(C)(C)c3ccccc3C2(C)C)C[C@@H]2OC(=O)N(C(C)=O)[C@H]2[C@H]([C@H](OC(C)=O)[C@@H](COC(C)=O)OC(C)=O)O1. The molecule has 2 fully saturated rings.